The van der Waals surface area contributed by atoms with E-state index in [1.54, 1.807) is 24.3 Å². The lowest BCUT2D eigenvalue weighted by molar-refractivity contribution is -0.249. The van der Waals surface area contributed by atoms with Crippen LogP contribution in [-0.2, 0) is 5.60 Å². The van der Waals surface area contributed by atoms with Gasteiger partial charge in [0.25, 0.3) is 0 Å². The van der Waals surface area contributed by atoms with E-state index in [-0.39, 0.29) is 10.9 Å². The SMILES string of the molecule is OC(c1ccc2c(cnn2-c2ccc(F)cc2)c1)(c1nccc2ccccc12)C(F)(F)F. The molecule has 0 aliphatic carbocycles. The van der Waals surface area contributed by atoms with Gasteiger partial charge in [0, 0.05) is 17.0 Å². The summed E-state index contributed by atoms with van der Waals surface area (Å²) < 4.78 is 57.8. The second-order valence-corrected chi connectivity index (χ2v) is 7.40. The summed E-state index contributed by atoms with van der Waals surface area (Å²) in [4.78, 5) is 3.94. The lowest BCUT2D eigenvalue weighted by Crippen LogP contribution is -2.44. The molecule has 0 spiro atoms. The van der Waals surface area contributed by atoms with Crippen LogP contribution in [0, 0.1) is 5.82 Å². The van der Waals surface area contributed by atoms with E-state index in [1.807, 2.05) is 0 Å². The summed E-state index contributed by atoms with van der Waals surface area (Å²) in [6, 6.07) is 17.5. The van der Waals surface area contributed by atoms with Crippen LogP contribution < -0.4 is 0 Å². The number of hydrogen-bond donors (Lipinski definition) is 1. The van der Waals surface area contributed by atoms with Crippen LogP contribution in [-0.4, -0.2) is 26.0 Å². The molecule has 2 heterocycles. The van der Waals surface area contributed by atoms with E-state index in [9.17, 15) is 22.7 Å². The van der Waals surface area contributed by atoms with Gasteiger partial charge in [-0.15, -0.1) is 0 Å². The number of benzene rings is 3. The van der Waals surface area contributed by atoms with Gasteiger partial charge in [0.05, 0.1) is 23.1 Å². The van der Waals surface area contributed by atoms with Gasteiger partial charge in [0.15, 0.2) is 0 Å². The molecule has 5 aromatic rings. The molecule has 0 radical (unpaired) electrons. The van der Waals surface area contributed by atoms with Crippen molar-refractivity contribution >= 4 is 21.7 Å². The molecule has 8 heteroatoms. The van der Waals surface area contributed by atoms with Gasteiger partial charge in [0.2, 0.25) is 5.60 Å². The normalized spacial score (nSPS) is 14.0. The van der Waals surface area contributed by atoms with E-state index in [1.165, 1.54) is 65.6 Å². The summed E-state index contributed by atoms with van der Waals surface area (Å²) in [5, 5.41) is 16.5. The van der Waals surface area contributed by atoms with Crippen LogP contribution in [0.5, 0.6) is 0 Å². The largest absolute Gasteiger partial charge is 0.427 e. The Bertz CT molecular complexity index is 1440. The summed E-state index contributed by atoms with van der Waals surface area (Å²) in [6.45, 7) is 0. The number of fused-ring (bicyclic) bond motifs is 2. The van der Waals surface area contributed by atoms with Crippen LogP contribution in [0.15, 0.2) is 85.2 Å². The topological polar surface area (TPSA) is 50.9 Å². The van der Waals surface area contributed by atoms with Crippen molar-refractivity contribution in [3.63, 3.8) is 0 Å². The molecule has 5 rings (SSSR count). The van der Waals surface area contributed by atoms with Gasteiger partial charge in [-0.2, -0.15) is 18.3 Å². The zero-order valence-electron chi connectivity index (χ0n) is 16.4. The van der Waals surface area contributed by atoms with E-state index in [0.29, 0.717) is 22.0 Å². The summed E-state index contributed by atoms with van der Waals surface area (Å²) in [5.41, 5.74) is -3.14. The molecule has 0 aliphatic heterocycles. The van der Waals surface area contributed by atoms with Gasteiger partial charge < -0.3 is 5.11 Å². The maximum atomic E-state index is 14.4. The molecule has 1 N–H and O–H groups in total. The number of aromatic nitrogens is 3. The van der Waals surface area contributed by atoms with Gasteiger partial charge in [-0.1, -0.05) is 30.3 Å². The zero-order valence-corrected chi connectivity index (χ0v) is 16.4. The Morgan fingerprint density at radius 2 is 1.59 bits per heavy atom. The Hall–Kier alpha value is -3.78. The molecule has 0 bridgehead atoms. The van der Waals surface area contributed by atoms with Crippen LogP contribution in [0.2, 0.25) is 0 Å². The molecule has 1 atom stereocenters. The van der Waals surface area contributed by atoms with Crippen molar-refractivity contribution in [3.05, 3.63) is 102 Å². The standard InChI is InChI=1S/C24H15F4N3O/c25-18-6-8-19(9-7-18)31-21-10-5-17(13-16(21)14-30-31)23(32,24(26,27)28)22-20-4-2-1-3-15(20)11-12-29-22/h1-14,32H. The van der Waals surface area contributed by atoms with E-state index in [4.69, 9.17) is 0 Å². The zero-order chi connectivity index (χ0) is 22.5. The summed E-state index contributed by atoms with van der Waals surface area (Å²) in [7, 11) is 0. The van der Waals surface area contributed by atoms with E-state index < -0.39 is 23.3 Å². The molecule has 0 saturated heterocycles. The van der Waals surface area contributed by atoms with Crippen molar-refractivity contribution in [2.45, 2.75) is 11.8 Å². The second kappa shape index (κ2) is 7.13. The van der Waals surface area contributed by atoms with Crippen molar-refractivity contribution in [2.24, 2.45) is 0 Å². The molecular formula is C24H15F4N3O. The molecule has 3 aromatic carbocycles. The van der Waals surface area contributed by atoms with E-state index in [0.717, 1.165) is 0 Å². The van der Waals surface area contributed by atoms with Crippen molar-refractivity contribution < 1.29 is 22.7 Å². The first-order valence-electron chi connectivity index (χ1n) is 9.66. The highest BCUT2D eigenvalue weighted by molar-refractivity contribution is 5.86. The van der Waals surface area contributed by atoms with Gasteiger partial charge >= 0.3 is 6.18 Å². The Labute approximate surface area is 179 Å². The molecule has 2 aromatic heterocycles. The quantitative estimate of drug-likeness (QED) is 0.379. The second-order valence-electron chi connectivity index (χ2n) is 7.40. The number of nitrogens with zero attached hydrogens (tertiary/aromatic N) is 3. The predicted octanol–water partition coefficient (Wildman–Crippen LogP) is 5.51. The third kappa shape index (κ3) is 3.03. The fourth-order valence-electron chi connectivity index (χ4n) is 3.89. The minimum atomic E-state index is -5.04. The first-order valence-corrected chi connectivity index (χ1v) is 9.66. The lowest BCUT2D eigenvalue weighted by Gasteiger charge is -2.31. The summed E-state index contributed by atoms with van der Waals surface area (Å²) >= 11 is 0. The molecule has 0 fully saturated rings. The smallest absolute Gasteiger partial charge is 0.371 e. The number of aliphatic hydroxyl groups is 1. The molecule has 32 heavy (non-hydrogen) atoms. The average molecular weight is 437 g/mol. The Kier molecular flexibility index (Phi) is 4.49. The highest BCUT2D eigenvalue weighted by atomic mass is 19.4. The third-order valence-electron chi connectivity index (χ3n) is 5.48. The molecule has 0 aliphatic rings. The first kappa shape index (κ1) is 20.1. The highest BCUT2D eigenvalue weighted by Crippen LogP contribution is 2.46. The minimum absolute atomic E-state index is 0.205. The Morgan fingerprint density at radius 1 is 0.844 bits per heavy atom. The Balaban J connectivity index is 1.71. The minimum Gasteiger partial charge on any atom is -0.371 e. The molecule has 0 amide bonds. The number of hydrogen-bond acceptors (Lipinski definition) is 3. The van der Waals surface area contributed by atoms with Crippen molar-refractivity contribution in [3.8, 4) is 5.69 Å². The van der Waals surface area contributed by atoms with E-state index >= 15 is 0 Å². The fraction of sp³-hybridized carbons (Fsp3) is 0.0833. The first-order chi connectivity index (χ1) is 15.3. The van der Waals surface area contributed by atoms with Crippen molar-refractivity contribution in [1.82, 2.24) is 14.8 Å². The van der Waals surface area contributed by atoms with Crippen LogP contribution >= 0.6 is 0 Å². The molecule has 160 valence electrons. The number of rotatable bonds is 3. The van der Waals surface area contributed by atoms with Crippen molar-refractivity contribution in [1.29, 1.82) is 0 Å². The highest BCUT2D eigenvalue weighted by Gasteiger charge is 2.58. The molecule has 4 nitrogen and oxygen atoms in total. The monoisotopic (exact) mass is 437 g/mol. The van der Waals surface area contributed by atoms with Crippen LogP contribution in [0.25, 0.3) is 27.4 Å². The van der Waals surface area contributed by atoms with Gasteiger partial charge in [-0.05, 0) is 53.4 Å². The average Bonchev–Trinajstić information content (AvgIpc) is 3.21. The number of pyridine rings is 1. The van der Waals surface area contributed by atoms with Gasteiger partial charge in [-0.3, -0.25) is 4.98 Å². The summed E-state index contributed by atoms with van der Waals surface area (Å²) in [6.07, 6.45) is -2.39. The molecule has 1 unspecified atom stereocenters. The third-order valence-corrected chi connectivity index (χ3v) is 5.48. The maximum Gasteiger partial charge on any atom is 0.427 e. The Morgan fingerprint density at radius 3 is 2.34 bits per heavy atom. The molecular weight excluding hydrogens is 422 g/mol. The summed E-state index contributed by atoms with van der Waals surface area (Å²) in [5.74, 6) is -0.412. The van der Waals surface area contributed by atoms with Crippen LogP contribution in [0.1, 0.15) is 11.3 Å². The number of halogens is 4. The molecule has 0 saturated carbocycles. The maximum absolute atomic E-state index is 14.4. The van der Waals surface area contributed by atoms with Gasteiger partial charge in [0.1, 0.15) is 5.82 Å². The number of alkyl halides is 3. The van der Waals surface area contributed by atoms with Crippen LogP contribution in [0.4, 0.5) is 17.6 Å². The van der Waals surface area contributed by atoms with Gasteiger partial charge in [-0.25, -0.2) is 9.07 Å². The van der Waals surface area contributed by atoms with E-state index in [2.05, 4.69) is 10.1 Å². The predicted molar refractivity (Wildman–Crippen MR) is 112 cm³/mol. The fourth-order valence-corrected chi connectivity index (χ4v) is 3.89. The lowest BCUT2D eigenvalue weighted by atomic mass is 9.86. The van der Waals surface area contributed by atoms with Crippen LogP contribution in [0.3, 0.4) is 0 Å². The van der Waals surface area contributed by atoms with Crippen molar-refractivity contribution in [2.75, 3.05) is 0 Å².